The highest BCUT2D eigenvalue weighted by atomic mass is 16.1. The van der Waals surface area contributed by atoms with Gasteiger partial charge in [0.05, 0.1) is 5.56 Å². The molecule has 0 bridgehead atoms. The minimum atomic E-state index is -0.269. The third kappa shape index (κ3) is 3.60. The van der Waals surface area contributed by atoms with Gasteiger partial charge in [0.2, 0.25) is 0 Å². The van der Waals surface area contributed by atoms with Crippen LogP contribution in [0.15, 0.2) is 49.3 Å². The van der Waals surface area contributed by atoms with Gasteiger partial charge in [-0.1, -0.05) is 6.08 Å². The maximum absolute atomic E-state index is 11.8. The summed E-state index contributed by atoms with van der Waals surface area (Å²) < 4.78 is 0. The lowest BCUT2D eigenvalue weighted by atomic mass is 10.3. The van der Waals surface area contributed by atoms with Crippen molar-refractivity contribution >= 4 is 17.5 Å². The highest BCUT2D eigenvalue weighted by Crippen LogP contribution is 2.07. The van der Waals surface area contributed by atoms with E-state index < -0.39 is 0 Å². The minimum Gasteiger partial charge on any atom is -0.365 e. The molecule has 2 N–H and O–H groups in total. The van der Waals surface area contributed by atoms with Crippen LogP contribution in [0.4, 0.5) is 11.6 Å². The average molecular weight is 255 g/mol. The molecule has 0 aliphatic carbocycles. The van der Waals surface area contributed by atoms with Gasteiger partial charge in [-0.05, 0) is 24.3 Å². The first-order valence-electron chi connectivity index (χ1n) is 5.69. The Bertz CT molecular complexity index is 553. The highest BCUT2D eigenvalue weighted by Gasteiger charge is 2.06. The number of carbonyl (C=O) groups is 1. The summed E-state index contributed by atoms with van der Waals surface area (Å²) >= 11 is 0. The number of hydrogen-bond acceptors (Lipinski definition) is 5. The van der Waals surface area contributed by atoms with Gasteiger partial charge in [0, 0.05) is 18.9 Å². The predicted octanol–water partition coefficient (Wildman–Crippen LogP) is 1.72. The third-order valence-electron chi connectivity index (χ3n) is 2.26. The van der Waals surface area contributed by atoms with Gasteiger partial charge in [-0.3, -0.25) is 9.78 Å². The van der Waals surface area contributed by atoms with Crippen molar-refractivity contribution in [2.24, 2.45) is 0 Å². The molecular formula is C13H13N5O. The van der Waals surface area contributed by atoms with Crippen molar-refractivity contribution in [3.63, 3.8) is 0 Å². The fourth-order valence-electron chi connectivity index (χ4n) is 1.36. The molecule has 0 aliphatic rings. The zero-order valence-corrected chi connectivity index (χ0v) is 10.2. The van der Waals surface area contributed by atoms with E-state index in [-0.39, 0.29) is 5.91 Å². The summed E-state index contributed by atoms with van der Waals surface area (Å²) in [6.07, 6.45) is 4.82. The van der Waals surface area contributed by atoms with Crippen LogP contribution in [0.2, 0.25) is 0 Å². The Hall–Kier alpha value is -2.76. The van der Waals surface area contributed by atoms with E-state index >= 15 is 0 Å². The van der Waals surface area contributed by atoms with E-state index in [1.165, 1.54) is 6.20 Å². The molecular weight excluding hydrogens is 242 g/mol. The number of amides is 1. The molecule has 6 heteroatoms. The van der Waals surface area contributed by atoms with Crippen molar-refractivity contribution < 1.29 is 4.79 Å². The Morgan fingerprint density at radius 3 is 2.68 bits per heavy atom. The van der Waals surface area contributed by atoms with Gasteiger partial charge < -0.3 is 10.6 Å². The molecule has 0 spiro atoms. The zero-order chi connectivity index (χ0) is 13.5. The van der Waals surface area contributed by atoms with Gasteiger partial charge in [0.1, 0.15) is 5.82 Å². The predicted molar refractivity (Wildman–Crippen MR) is 72.9 cm³/mol. The number of carbonyl (C=O) groups excluding carboxylic acids is 1. The molecule has 0 aromatic carbocycles. The van der Waals surface area contributed by atoms with Crippen LogP contribution in [-0.4, -0.2) is 27.6 Å². The monoisotopic (exact) mass is 255 g/mol. The van der Waals surface area contributed by atoms with Crippen molar-refractivity contribution in [1.82, 2.24) is 15.2 Å². The second-order valence-electron chi connectivity index (χ2n) is 3.67. The van der Waals surface area contributed by atoms with Crippen LogP contribution >= 0.6 is 0 Å². The maximum atomic E-state index is 11.8. The summed E-state index contributed by atoms with van der Waals surface area (Å²) in [5.41, 5.74) is 0.471. The fraction of sp³-hybridized carbons (Fsp3) is 0.0769. The number of nitrogens with zero attached hydrogens (tertiary/aromatic N) is 3. The van der Waals surface area contributed by atoms with E-state index in [0.29, 0.717) is 23.7 Å². The van der Waals surface area contributed by atoms with Gasteiger partial charge in [-0.15, -0.1) is 16.8 Å². The molecule has 2 aromatic heterocycles. The first-order chi connectivity index (χ1) is 9.29. The summed E-state index contributed by atoms with van der Waals surface area (Å²) in [5.74, 6) is 0.742. The molecule has 2 heterocycles. The van der Waals surface area contributed by atoms with Crippen LogP contribution in [0.5, 0.6) is 0 Å². The number of anilines is 2. The summed E-state index contributed by atoms with van der Waals surface area (Å²) in [6, 6.07) is 6.78. The second kappa shape index (κ2) is 6.25. The van der Waals surface area contributed by atoms with Crippen LogP contribution in [-0.2, 0) is 0 Å². The van der Waals surface area contributed by atoms with Gasteiger partial charge >= 0.3 is 0 Å². The topological polar surface area (TPSA) is 79.8 Å². The van der Waals surface area contributed by atoms with Crippen LogP contribution in [0, 0.1) is 0 Å². The Kier molecular flexibility index (Phi) is 4.17. The smallest absolute Gasteiger partial charge is 0.258 e. The largest absolute Gasteiger partial charge is 0.365 e. The van der Waals surface area contributed by atoms with Crippen molar-refractivity contribution in [2.75, 3.05) is 17.2 Å². The molecule has 0 radical (unpaired) electrons. The molecule has 0 fully saturated rings. The van der Waals surface area contributed by atoms with E-state index in [9.17, 15) is 4.79 Å². The number of rotatable bonds is 5. The van der Waals surface area contributed by atoms with Gasteiger partial charge in [-0.2, -0.15) is 0 Å². The fourth-order valence-corrected chi connectivity index (χ4v) is 1.36. The van der Waals surface area contributed by atoms with E-state index in [2.05, 4.69) is 32.4 Å². The quantitative estimate of drug-likeness (QED) is 0.795. The van der Waals surface area contributed by atoms with Crippen molar-refractivity contribution in [2.45, 2.75) is 0 Å². The van der Waals surface area contributed by atoms with Crippen LogP contribution in [0.25, 0.3) is 0 Å². The molecule has 2 aromatic rings. The average Bonchev–Trinajstić information content (AvgIpc) is 2.47. The van der Waals surface area contributed by atoms with Crippen LogP contribution in [0.3, 0.4) is 0 Å². The van der Waals surface area contributed by atoms with Gasteiger partial charge in [0.15, 0.2) is 5.82 Å². The molecule has 6 nitrogen and oxygen atoms in total. The molecule has 0 unspecified atom stereocenters. The maximum Gasteiger partial charge on any atom is 0.258 e. The lowest BCUT2D eigenvalue weighted by Gasteiger charge is -2.05. The summed E-state index contributed by atoms with van der Waals surface area (Å²) in [5, 5.41) is 13.5. The van der Waals surface area contributed by atoms with E-state index in [0.717, 1.165) is 0 Å². The third-order valence-corrected chi connectivity index (χ3v) is 2.26. The number of nitrogens with one attached hydrogen (secondary N) is 2. The van der Waals surface area contributed by atoms with Crippen molar-refractivity contribution in [1.29, 1.82) is 0 Å². The Morgan fingerprint density at radius 1 is 1.26 bits per heavy atom. The van der Waals surface area contributed by atoms with Gasteiger partial charge in [-0.25, -0.2) is 0 Å². The Morgan fingerprint density at radius 2 is 2.05 bits per heavy atom. The first-order valence-corrected chi connectivity index (χ1v) is 5.69. The number of pyridine rings is 1. The van der Waals surface area contributed by atoms with E-state index in [1.807, 2.05) is 0 Å². The van der Waals surface area contributed by atoms with Crippen LogP contribution < -0.4 is 10.6 Å². The normalized spacial score (nSPS) is 9.68. The Balaban J connectivity index is 1.99. The summed E-state index contributed by atoms with van der Waals surface area (Å²) in [6.45, 7) is 4.20. The molecule has 0 aliphatic heterocycles. The molecule has 1 amide bonds. The molecule has 0 saturated carbocycles. The number of hydrogen-bond donors (Lipinski definition) is 2. The van der Waals surface area contributed by atoms with E-state index in [4.69, 9.17) is 0 Å². The first kappa shape index (κ1) is 12.7. The summed E-state index contributed by atoms with van der Waals surface area (Å²) in [7, 11) is 0. The lowest BCUT2D eigenvalue weighted by Crippen LogP contribution is -2.13. The van der Waals surface area contributed by atoms with Crippen LogP contribution in [0.1, 0.15) is 10.4 Å². The van der Waals surface area contributed by atoms with Crippen molar-refractivity contribution in [3.8, 4) is 0 Å². The number of aromatic nitrogens is 3. The molecule has 0 atom stereocenters. The molecule has 0 saturated heterocycles. The molecule has 2 rings (SSSR count). The molecule has 96 valence electrons. The standard InChI is InChI=1S/C13H13N5O/c1-2-7-15-11-5-6-12(18-17-11)16-13(19)10-4-3-8-14-9-10/h2-6,8-9H,1,7H2,(H,15,17)(H,16,18,19). The minimum absolute atomic E-state index is 0.269. The van der Waals surface area contributed by atoms with E-state index in [1.54, 1.807) is 36.5 Å². The van der Waals surface area contributed by atoms with Crippen molar-refractivity contribution in [3.05, 3.63) is 54.9 Å². The highest BCUT2D eigenvalue weighted by molar-refractivity contribution is 6.03. The second-order valence-corrected chi connectivity index (χ2v) is 3.67. The summed E-state index contributed by atoms with van der Waals surface area (Å²) in [4.78, 5) is 15.7. The molecule has 19 heavy (non-hydrogen) atoms. The lowest BCUT2D eigenvalue weighted by molar-refractivity contribution is 0.102. The van der Waals surface area contributed by atoms with Gasteiger partial charge in [0.25, 0.3) is 5.91 Å². The zero-order valence-electron chi connectivity index (χ0n) is 10.2. The Labute approximate surface area is 110 Å². The SMILES string of the molecule is C=CCNc1ccc(NC(=O)c2cccnc2)nn1.